The molecule has 5 heteroatoms. The number of para-hydroxylation sites is 1. The molecule has 0 heterocycles. The molecule has 22 heavy (non-hydrogen) atoms. The first kappa shape index (κ1) is 15.6. The summed E-state index contributed by atoms with van der Waals surface area (Å²) in [5, 5.41) is 2.91. The lowest BCUT2D eigenvalue weighted by Crippen LogP contribution is -2.17. The van der Waals surface area contributed by atoms with Gasteiger partial charge in [0, 0.05) is 5.69 Å². The van der Waals surface area contributed by atoms with Crippen molar-refractivity contribution in [1.29, 1.82) is 0 Å². The minimum absolute atomic E-state index is 0.0467. The minimum Gasteiger partial charge on any atom is -0.465 e. The highest BCUT2D eigenvalue weighted by Gasteiger charge is 2.09. The molecular formula is C17H17NO4. The normalized spacial score (nSPS) is 9.86. The lowest BCUT2D eigenvalue weighted by Gasteiger charge is -2.08. The third kappa shape index (κ3) is 4.63. The Morgan fingerprint density at radius 1 is 1.05 bits per heavy atom. The Labute approximate surface area is 128 Å². The number of anilines is 1. The second kappa shape index (κ2) is 7.83. The van der Waals surface area contributed by atoms with Crippen molar-refractivity contribution in [2.45, 2.75) is 6.92 Å². The summed E-state index contributed by atoms with van der Waals surface area (Å²) in [5.74, 6) is -0.317. The van der Waals surface area contributed by atoms with Crippen LogP contribution in [-0.2, 0) is 9.53 Å². The van der Waals surface area contributed by atoms with Gasteiger partial charge in [0.2, 0.25) is 0 Å². The third-order valence-corrected chi connectivity index (χ3v) is 2.79. The van der Waals surface area contributed by atoms with E-state index in [1.807, 2.05) is 6.07 Å². The minimum atomic E-state index is -0.453. The van der Waals surface area contributed by atoms with Gasteiger partial charge in [-0.3, -0.25) is 4.79 Å². The summed E-state index contributed by atoms with van der Waals surface area (Å²) < 4.78 is 10.1. The second-order valence-electron chi connectivity index (χ2n) is 4.44. The molecule has 114 valence electrons. The van der Waals surface area contributed by atoms with Crippen molar-refractivity contribution in [3.63, 3.8) is 0 Å². The summed E-state index contributed by atoms with van der Waals surface area (Å²) in [4.78, 5) is 23.4. The largest absolute Gasteiger partial charge is 0.465 e. The van der Waals surface area contributed by atoms with E-state index in [-0.39, 0.29) is 12.5 Å². The topological polar surface area (TPSA) is 64.6 Å². The Kier molecular flexibility index (Phi) is 5.54. The number of carbonyl (C=O) groups is 2. The fraction of sp³-hybridized carbons (Fsp3) is 0.176. The monoisotopic (exact) mass is 299 g/mol. The maximum absolute atomic E-state index is 12.1. The molecule has 0 saturated carbocycles. The maximum atomic E-state index is 12.1. The van der Waals surface area contributed by atoms with E-state index in [2.05, 4.69) is 5.32 Å². The van der Waals surface area contributed by atoms with Gasteiger partial charge in [0.05, 0.1) is 12.2 Å². The summed E-state index contributed by atoms with van der Waals surface area (Å²) >= 11 is 0. The van der Waals surface area contributed by atoms with Gasteiger partial charge in [-0.15, -0.1) is 0 Å². The predicted molar refractivity (Wildman–Crippen MR) is 83.0 cm³/mol. The lowest BCUT2D eigenvalue weighted by atomic mass is 10.2. The van der Waals surface area contributed by atoms with Gasteiger partial charge < -0.3 is 14.8 Å². The number of hydrogen-bond donors (Lipinski definition) is 1. The third-order valence-electron chi connectivity index (χ3n) is 2.79. The van der Waals surface area contributed by atoms with Crippen molar-refractivity contribution >= 4 is 17.6 Å². The van der Waals surface area contributed by atoms with Crippen LogP contribution in [-0.4, -0.2) is 25.1 Å². The van der Waals surface area contributed by atoms with E-state index in [1.165, 1.54) is 0 Å². The zero-order valence-corrected chi connectivity index (χ0v) is 12.2. The molecule has 0 amide bonds. The smallest absolute Gasteiger partial charge is 0.343 e. The molecule has 1 N–H and O–H groups in total. The van der Waals surface area contributed by atoms with Crippen molar-refractivity contribution in [1.82, 2.24) is 0 Å². The van der Waals surface area contributed by atoms with Crippen LogP contribution in [0.2, 0.25) is 0 Å². The molecule has 2 aromatic carbocycles. The molecule has 0 bridgehead atoms. The highest BCUT2D eigenvalue weighted by Crippen LogP contribution is 2.15. The van der Waals surface area contributed by atoms with Crippen molar-refractivity contribution in [3.8, 4) is 5.75 Å². The Bertz CT molecular complexity index is 640. The van der Waals surface area contributed by atoms with Crippen LogP contribution in [0.5, 0.6) is 5.75 Å². The molecule has 2 aromatic rings. The second-order valence-corrected chi connectivity index (χ2v) is 4.44. The molecule has 0 fully saturated rings. The summed E-state index contributed by atoms with van der Waals surface area (Å²) in [6.07, 6.45) is 0. The molecule has 0 aromatic heterocycles. The summed E-state index contributed by atoms with van der Waals surface area (Å²) in [7, 11) is 0. The van der Waals surface area contributed by atoms with E-state index in [4.69, 9.17) is 9.47 Å². The Hall–Kier alpha value is -2.82. The summed E-state index contributed by atoms with van der Waals surface area (Å²) in [6, 6.07) is 15.6. The van der Waals surface area contributed by atoms with Gasteiger partial charge >= 0.3 is 11.9 Å². The maximum Gasteiger partial charge on any atom is 0.343 e. The quantitative estimate of drug-likeness (QED) is 0.656. The molecule has 0 atom stereocenters. The van der Waals surface area contributed by atoms with Crippen LogP contribution in [0, 0.1) is 0 Å². The fourth-order valence-electron chi connectivity index (χ4n) is 1.80. The molecule has 0 saturated heterocycles. The summed E-state index contributed by atoms with van der Waals surface area (Å²) in [5.41, 5.74) is 1.05. The number of esters is 2. The van der Waals surface area contributed by atoms with Crippen molar-refractivity contribution in [2.75, 3.05) is 18.5 Å². The van der Waals surface area contributed by atoms with E-state index in [0.717, 1.165) is 0 Å². The number of carbonyl (C=O) groups excluding carboxylic acids is 2. The number of hydrogen-bond acceptors (Lipinski definition) is 5. The molecular weight excluding hydrogens is 282 g/mol. The molecule has 0 aliphatic carbocycles. The molecule has 0 aliphatic heterocycles. The zero-order chi connectivity index (χ0) is 15.8. The Balaban J connectivity index is 1.98. The fourth-order valence-corrected chi connectivity index (χ4v) is 1.80. The number of nitrogens with one attached hydrogen (secondary N) is 1. The highest BCUT2D eigenvalue weighted by atomic mass is 16.5. The van der Waals surface area contributed by atoms with E-state index < -0.39 is 5.97 Å². The summed E-state index contributed by atoms with van der Waals surface area (Å²) in [6.45, 7) is 2.13. The van der Waals surface area contributed by atoms with E-state index in [9.17, 15) is 9.59 Å². The number of rotatable bonds is 6. The predicted octanol–water partition coefficient (Wildman–Crippen LogP) is 2.88. The van der Waals surface area contributed by atoms with Crippen LogP contribution in [0.3, 0.4) is 0 Å². The van der Waals surface area contributed by atoms with Crippen LogP contribution in [0.1, 0.15) is 17.3 Å². The average Bonchev–Trinajstić information content (AvgIpc) is 2.54. The van der Waals surface area contributed by atoms with Crippen LogP contribution < -0.4 is 10.1 Å². The SMILES string of the molecule is CCOC(=O)CNc1cccc(C(=O)Oc2ccccc2)c1. The van der Waals surface area contributed by atoms with E-state index in [1.54, 1.807) is 55.5 Å². The Morgan fingerprint density at radius 2 is 1.82 bits per heavy atom. The molecule has 0 aliphatic rings. The van der Waals surface area contributed by atoms with Crippen LogP contribution >= 0.6 is 0 Å². The van der Waals surface area contributed by atoms with Gasteiger partial charge in [-0.05, 0) is 37.3 Å². The van der Waals surface area contributed by atoms with E-state index in [0.29, 0.717) is 23.6 Å². The molecule has 0 spiro atoms. The van der Waals surface area contributed by atoms with Crippen molar-refractivity contribution < 1.29 is 19.1 Å². The molecule has 0 unspecified atom stereocenters. The molecule has 0 radical (unpaired) electrons. The van der Waals surface area contributed by atoms with Gasteiger partial charge in [0.1, 0.15) is 12.3 Å². The van der Waals surface area contributed by atoms with Crippen LogP contribution in [0.4, 0.5) is 5.69 Å². The van der Waals surface area contributed by atoms with Gasteiger partial charge in [-0.2, -0.15) is 0 Å². The first-order valence-corrected chi connectivity index (χ1v) is 6.96. The van der Waals surface area contributed by atoms with E-state index >= 15 is 0 Å². The first-order valence-electron chi connectivity index (χ1n) is 6.96. The number of benzene rings is 2. The van der Waals surface area contributed by atoms with Crippen molar-refractivity contribution in [2.24, 2.45) is 0 Å². The van der Waals surface area contributed by atoms with Gasteiger partial charge in [0.25, 0.3) is 0 Å². The highest BCUT2D eigenvalue weighted by molar-refractivity contribution is 5.92. The standard InChI is InChI=1S/C17H17NO4/c1-2-21-16(19)12-18-14-8-6-7-13(11-14)17(20)22-15-9-4-3-5-10-15/h3-11,18H,2,12H2,1H3. The molecule has 2 rings (SSSR count). The van der Waals surface area contributed by atoms with Crippen LogP contribution in [0.15, 0.2) is 54.6 Å². The average molecular weight is 299 g/mol. The molecule has 5 nitrogen and oxygen atoms in total. The Morgan fingerprint density at radius 3 is 2.55 bits per heavy atom. The lowest BCUT2D eigenvalue weighted by molar-refractivity contribution is -0.140. The van der Waals surface area contributed by atoms with Gasteiger partial charge in [0.15, 0.2) is 0 Å². The first-order chi connectivity index (χ1) is 10.7. The number of ether oxygens (including phenoxy) is 2. The van der Waals surface area contributed by atoms with Gasteiger partial charge in [-0.25, -0.2) is 4.79 Å². The van der Waals surface area contributed by atoms with Gasteiger partial charge in [-0.1, -0.05) is 24.3 Å². The van der Waals surface area contributed by atoms with Crippen LogP contribution in [0.25, 0.3) is 0 Å². The zero-order valence-electron chi connectivity index (χ0n) is 12.2. The van der Waals surface area contributed by atoms with Crippen molar-refractivity contribution in [3.05, 3.63) is 60.2 Å².